The van der Waals surface area contributed by atoms with Gasteiger partial charge in [-0.1, -0.05) is 12.1 Å². The topological polar surface area (TPSA) is 69.4 Å². The van der Waals surface area contributed by atoms with E-state index >= 15 is 0 Å². The molecule has 0 unspecified atom stereocenters. The number of nitrogen functional groups attached to an aromatic ring is 1. The largest absolute Gasteiger partial charge is 0.476 e. The van der Waals surface area contributed by atoms with Gasteiger partial charge in [0.2, 0.25) is 5.88 Å². The molecule has 0 atom stereocenters. The number of benzene rings is 1. The van der Waals surface area contributed by atoms with Crippen molar-refractivity contribution < 1.29 is 18.3 Å². The Kier molecular flexibility index (Phi) is 4.76. The second-order valence-corrected chi connectivity index (χ2v) is 4.02. The zero-order valence-corrected chi connectivity index (χ0v) is 11.3. The van der Waals surface area contributed by atoms with Crippen LogP contribution in [0, 0.1) is 0 Å². The van der Waals surface area contributed by atoms with Gasteiger partial charge in [-0.2, -0.15) is 13.8 Å². The SMILES string of the molecule is CCOc1nc(Nc2ccccc2OC(F)F)ccc1N. The van der Waals surface area contributed by atoms with Crippen molar-refractivity contribution >= 4 is 17.2 Å². The van der Waals surface area contributed by atoms with E-state index in [-0.39, 0.29) is 11.6 Å². The van der Waals surface area contributed by atoms with E-state index in [1.54, 1.807) is 30.3 Å². The van der Waals surface area contributed by atoms with Crippen LogP contribution in [0.5, 0.6) is 11.6 Å². The fourth-order valence-electron chi connectivity index (χ4n) is 1.68. The Labute approximate surface area is 120 Å². The van der Waals surface area contributed by atoms with Gasteiger partial charge in [0.25, 0.3) is 0 Å². The van der Waals surface area contributed by atoms with Crippen molar-refractivity contribution in [1.82, 2.24) is 4.98 Å². The first kappa shape index (κ1) is 14.8. The molecule has 1 heterocycles. The molecule has 0 aliphatic heterocycles. The van der Waals surface area contributed by atoms with Crippen LogP contribution in [0.1, 0.15) is 6.92 Å². The zero-order chi connectivity index (χ0) is 15.2. The molecule has 0 spiro atoms. The van der Waals surface area contributed by atoms with Crippen molar-refractivity contribution in [1.29, 1.82) is 0 Å². The second kappa shape index (κ2) is 6.74. The first-order valence-electron chi connectivity index (χ1n) is 6.30. The molecule has 5 nitrogen and oxygen atoms in total. The molecule has 0 aliphatic rings. The Morgan fingerprint density at radius 2 is 2.00 bits per heavy atom. The molecule has 0 radical (unpaired) electrons. The number of nitrogens with two attached hydrogens (primary N) is 1. The number of alkyl halides is 2. The van der Waals surface area contributed by atoms with Crippen molar-refractivity contribution in [2.45, 2.75) is 13.5 Å². The number of aromatic nitrogens is 1. The Balaban J connectivity index is 2.24. The van der Waals surface area contributed by atoms with Gasteiger partial charge in [0.05, 0.1) is 18.0 Å². The monoisotopic (exact) mass is 295 g/mol. The van der Waals surface area contributed by atoms with E-state index in [1.165, 1.54) is 6.07 Å². The van der Waals surface area contributed by atoms with E-state index in [2.05, 4.69) is 15.0 Å². The van der Waals surface area contributed by atoms with Gasteiger partial charge >= 0.3 is 6.61 Å². The molecular weight excluding hydrogens is 280 g/mol. The van der Waals surface area contributed by atoms with E-state index in [1.807, 2.05) is 6.92 Å². The lowest BCUT2D eigenvalue weighted by atomic mass is 10.3. The molecular formula is C14H15F2N3O2. The summed E-state index contributed by atoms with van der Waals surface area (Å²) in [6, 6.07) is 9.59. The van der Waals surface area contributed by atoms with Gasteiger partial charge in [0.15, 0.2) is 0 Å². The van der Waals surface area contributed by atoms with Crippen LogP contribution in [0.2, 0.25) is 0 Å². The van der Waals surface area contributed by atoms with E-state index in [9.17, 15) is 8.78 Å². The lowest BCUT2D eigenvalue weighted by molar-refractivity contribution is -0.0493. The standard InChI is InChI=1S/C14H15F2N3O2/c1-2-20-13-9(17)7-8-12(19-13)18-10-5-3-4-6-11(10)21-14(15)16/h3-8,14H,2,17H2,1H3,(H,18,19). The summed E-state index contributed by atoms with van der Waals surface area (Å²) >= 11 is 0. The number of halogens is 2. The van der Waals surface area contributed by atoms with E-state index in [0.717, 1.165) is 0 Å². The number of hydrogen-bond acceptors (Lipinski definition) is 5. The quantitative estimate of drug-likeness (QED) is 0.854. The van der Waals surface area contributed by atoms with Crippen LogP contribution in [-0.2, 0) is 0 Å². The summed E-state index contributed by atoms with van der Waals surface area (Å²) in [4.78, 5) is 4.18. The summed E-state index contributed by atoms with van der Waals surface area (Å²) in [5.41, 5.74) is 6.50. The fourth-order valence-corrected chi connectivity index (χ4v) is 1.68. The van der Waals surface area contributed by atoms with E-state index < -0.39 is 6.61 Å². The van der Waals surface area contributed by atoms with Gasteiger partial charge in [-0.25, -0.2) is 0 Å². The third-order valence-electron chi connectivity index (χ3n) is 2.54. The van der Waals surface area contributed by atoms with E-state index in [4.69, 9.17) is 10.5 Å². The number of anilines is 3. The summed E-state index contributed by atoms with van der Waals surface area (Å²) in [5.74, 6) is 0.733. The lowest BCUT2D eigenvalue weighted by Gasteiger charge is -2.13. The Bertz CT molecular complexity index is 609. The predicted molar refractivity (Wildman–Crippen MR) is 76.2 cm³/mol. The van der Waals surface area contributed by atoms with Crippen molar-refractivity contribution in [2.75, 3.05) is 17.7 Å². The fraction of sp³-hybridized carbons (Fsp3) is 0.214. The minimum absolute atomic E-state index is 0.0316. The van der Waals surface area contributed by atoms with Gasteiger partial charge in [-0.05, 0) is 31.2 Å². The molecule has 0 bridgehead atoms. The maximum absolute atomic E-state index is 12.4. The number of hydrogen-bond donors (Lipinski definition) is 2. The highest BCUT2D eigenvalue weighted by atomic mass is 19.3. The highest BCUT2D eigenvalue weighted by Gasteiger charge is 2.10. The van der Waals surface area contributed by atoms with Gasteiger partial charge in [-0.3, -0.25) is 0 Å². The molecule has 2 rings (SSSR count). The third-order valence-corrected chi connectivity index (χ3v) is 2.54. The third kappa shape index (κ3) is 3.95. The van der Waals surface area contributed by atoms with Crippen LogP contribution in [0.4, 0.5) is 26.0 Å². The predicted octanol–water partition coefficient (Wildman–Crippen LogP) is 3.41. The molecule has 0 aliphatic carbocycles. The second-order valence-electron chi connectivity index (χ2n) is 4.02. The summed E-state index contributed by atoms with van der Waals surface area (Å²) in [5, 5.41) is 2.90. The average Bonchev–Trinajstić information content (AvgIpc) is 2.44. The average molecular weight is 295 g/mol. The van der Waals surface area contributed by atoms with Crippen molar-refractivity contribution in [3.63, 3.8) is 0 Å². The van der Waals surface area contributed by atoms with Crippen LogP contribution in [-0.4, -0.2) is 18.2 Å². The Morgan fingerprint density at radius 3 is 2.71 bits per heavy atom. The number of rotatable bonds is 6. The van der Waals surface area contributed by atoms with Crippen molar-refractivity contribution in [2.24, 2.45) is 0 Å². The summed E-state index contributed by atoms with van der Waals surface area (Å²) < 4.78 is 34.4. The van der Waals surface area contributed by atoms with Crippen molar-refractivity contribution in [3.8, 4) is 11.6 Å². The lowest BCUT2D eigenvalue weighted by Crippen LogP contribution is -2.05. The molecule has 0 fully saturated rings. The maximum Gasteiger partial charge on any atom is 0.387 e. The molecule has 7 heteroatoms. The van der Waals surface area contributed by atoms with Crippen LogP contribution in [0.25, 0.3) is 0 Å². The normalized spacial score (nSPS) is 10.5. The number of ether oxygens (including phenoxy) is 2. The first-order valence-corrected chi connectivity index (χ1v) is 6.30. The minimum atomic E-state index is -2.90. The van der Waals surface area contributed by atoms with Gasteiger partial charge < -0.3 is 20.5 Å². The molecule has 2 aromatic rings. The van der Waals surface area contributed by atoms with E-state index in [0.29, 0.717) is 23.8 Å². The smallest absolute Gasteiger partial charge is 0.387 e. The maximum atomic E-state index is 12.4. The zero-order valence-electron chi connectivity index (χ0n) is 11.3. The molecule has 1 aromatic carbocycles. The molecule has 112 valence electrons. The van der Waals surface area contributed by atoms with Gasteiger partial charge in [-0.15, -0.1) is 0 Å². The summed E-state index contributed by atoms with van der Waals surface area (Å²) in [6.45, 7) is -0.662. The molecule has 21 heavy (non-hydrogen) atoms. The summed E-state index contributed by atoms with van der Waals surface area (Å²) in [7, 11) is 0. The van der Waals surface area contributed by atoms with Crippen LogP contribution in [0.15, 0.2) is 36.4 Å². The first-order chi connectivity index (χ1) is 10.1. The minimum Gasteiger partial charge on any atom is -0.476 e. The van der Waals surface area contributed by atoms with Crippen LogP contribution < -0.4 is 20.5 Å². The number of pyridine rings is 1. The highest BCUT2D eigenvalue weighted by molar-refractivity contribution is 5.66. The molecule has 0 saturated carbocycles. The molecule has 3 N–H and O–H groups in total. The van der Waals surface area contributed by atoms with Crippen molar-refractivity contribution in [3.05, 3.63) is 36.4 Å². The van der Waals surface area contributed by atoms with Crippen LogP contribution in [0.3, 0.4) is 0 Å². The highest BCUT2D eigenvalue weighted by Crippen LogP contribution is 2.29. The number of nitrogens with one attached hydrogen (secondary N) is 1. The number of nitrogens with zero attached hydrogens (tertiary/aromatic N) is 1. The Morgan fingerprint density at radius 1 is 1.24 bits per heavy atom. The molecule has 0 amide bonds. The van der Waals surface area contributed by atoms with Crippen LogP contribution >= 0.6 is 0 Å². The molecule has 1 aromatic heterocycles. The number of para-hydroxylation sites is 2. The Hall–Kier alpha value is -2.57. The van der Waals surface area contributed by atoms with Gasteiger partial charge in [0, 0.05) is 0 Å². The summed E-state index contributed by atoms with van der Waals surface area (Å²) in [6.07, 6.45) is 0. The van der Waals surface area contributed by atoms with Gasteiger partial charge in [0.1, 0.15) is 11.6 Å². The molecule has 0 saturated heterocycles.